The molecule has 1 rings (SSSR count). The van der Waals surface area contributed by atoms with E-state index >= 15 is 0 Å². The summed E-state index contributed by atoms with van der Waals surface area (Å²) in [5, 5.41) is 2.57. The topological polar surface area (TPSA) is 12.0 Å². The van der Waals surface area contributed by atoms with Gasteiger partial charge in [-0.15, -0.1) is 0 Å². The van der Waals surface area contributed by atoms with Gasteiger partial charge in [-0.05, 0) is 30.5 Å². The number of hydrogen-bond donors (Lipinski definition) is 1. The molecule has 1 aromatic carbocycles. The lowest BCUT2D eigenvalue weighted by Crippen LogP contribution is -2.34. The maximum Gasteiger partial charge on any atom is 0.407 e. The molecule has 0 aliphatic carbocycles. The van der Waals surface area contributed by atoms with E-state index in [2.05, 4.69) is 5.32 Å². The molecule has 1 aromatic rings. The van der Waals surface area contributed by atoms with Crippen LogP contribution in [0.15, 0.2) is 24.3 Å². The van der Waals surface area contributed by atoms with Crippen LogP contribution in [0.3, 0.4) is 0 Å². The van der Waals surface area contributed by atoms with Crippen LogP contribution in [0.5, 0.6) is 0 Å². The summed E-state index contributed by atoms with van der Waals surface area (Å²) < 4.78 is 39.0. The quantitative estimate of drug-likeness (QED) is 0.805. The van der Waals surface area contributed by atoms with Crippen LogP contribution in [0, 0.1) is 0 Å². The molecule has 1 nitrogen and oxygen atoms in total. The van der Waals surface area contributed by atoms with Crippen molar-refractivity contribution in [3.8, 4) is 0 Å². The molecule has 1 N–H and O–H groups in total. The first-order valence-electron chi connectivity index (χ1n) is 6.38. The van der Waals surface area contributed by atoms with Crippen molar-refractivity contribution in [3.63, 3.8) is 0 Å². The second-order valence-electron chi connectivity index (χ2n) is 4.42. The summed E-state index contributed by atoms with van der Waals surface area (Å²) in [6.07, 6.45) is -1.82. The van der Waals surface area contributed by atoms with E-state index < -0.39 is 12.2 Å². The molecular weight excluding hydrogens is 239 g/mol. The van der Waals surface area contributed by atoms with Crippen LogP contribution in [0.25, 0.3) is 0 Å². The Morgan fingerprint density at radius 2 is 1.89 bits per heavy atom. The van der Waals surface area contributed by atoms with Gasteiger partial charge in [0.2, 0.25) is 0 Å². The number of nitrogens with one attached hydrogen (secondary N) is 1. The summed E-state index contributed by atoms with van der Waals surface area (Å²) in [4.78, 5) is 0. The largest absolute Gasteiger partial charge is 0.407 e. The molecule has 0 aliphatic rings. The van der Waals surface area contributed by atoms with E-state index in [-0.39, 0.29) is 0 Å². The molecule has 0 saturated heterocycles. The number of alkyl halides is 3. The minimum absolute atomic E-state index is 0.307. The van der Waals surface area contributed by atoms with Gasteiger partial charge in [-0.3, -0.25) is 0 Å². The van der Waals surface area contributed by atoms with Crippen molar-refractivity contribution in [3.05, 3.63) is 35.4 Å². The first kappa shape index (κ1) is 15.0. The number of rotatable bonds is 6. The predicted octanol–water partition coefficient (Wildman–Crippen LogP) is 4.24. The van der Waals surface area contributed by atoms with E-state index in [0.29, 0.717) is 18.5 Å². The molecule has 18 heavy (non-hydrogen) atoms. The Bertz CT molecular complexity index is 360. The third kappa shape index (κ3) is 4.33. The minimum Gasteiger partial charge on any atom is -0.302 e. The van der Waals surface area contributed by atoms with Gasteiger partial charge in [0, 0.05) is 0 Å². The highest BCUT2D eigenvalue weighted by Gasteiger charge is 2.40. The van der Waals surface area contributed by atoms with E-state index in [9.17, 15) is 13.2 Å². The average Bonchev–Trinajstić information content (AvgIpc) is 2.29. The Hall–Kier alpha value is -1.03. The SMILES string of the molecule is CCCNC(c1cccc(CCC)c1)C(F)(F)F. The van der Waals surface area contributed by atoms with E-state index in [1.807, 2.05) is 19.9 Å². The number of aryl methyl sites for hydroxylation is 1. The van der Waals surface area contributed by atoms with Gasteiger partial charge >= 0.3 is 6.18 Å². The molecule has 0 fully saturated rings. The Labute approximate surface area is 106 Å². The highest BCUT2D eigenvalue weighted by atomic mass is 19.4. The van der Waals surface area contributed by atoms with E-state index in [1.54, 1.807) is 18.2 Å². The molecule has 0 bridgehead atoms. The summed E-state index contributed by atoms with van der Waals surface area (Å²) in [5.41, 5.74) is 1.27. The zero-order chi connectivity index (χ0) is 13.6. The van der Waals surface area contributed by atoms with E-state index in [0.717, 1.165) is 18.4 Å². The Morgan fingerprint density at radius 3 is 2.44 bits per heavy atom. The van der Waals surface area contributed by atoms with Crippen molar-refractivity contribution in [2.75, 3.05) is 6.54 Å². The van der Waals surface area contributed by atoms with Gasteiger partial charge in [0.25, 0.3) is 0 Å². The first-order valence-corrected chi connectivity index (χ1v) is 6.38. The molecule has 1 atom stereocenters. The second-order valence-corrected chi connectivity index (χ2v) is 4.42. The third-order valence-electron chi connectivity index (χ3n) is 2.75. The van der Waals surface area contributed by atoms with Gasteiger partial charge in [0.1, 0.15) is 6.04 Å². The molecule has 0 radical (unpaired) electrons. The zero-order valence-corrected chi connectivity index (χ0v) is 10.8. The fraction of sp³-hybridized carbons (Fsp3) is 0.571. The highest BCUT2D eigenvalue weighted by molar-refractivity contribution is 5.27. The molecule has 0 heterocycles. The van der Waals surface area contributed by atoms with Crippen LogP contribution in [-0.2, 0) is 6.42 Å². The normalized spacial score (nSPS) is 13.6. The maximum absolute atomic E-state index is 13.0. The molecule has 0 aromatic heterocycles. The van der Waals surface area contributed by atoms with Crippen LogP contribution in [0.1, 0.15) is 43.9 Å². The zero-order valence-electron chi connectivity index (χ0n) is 10.8. The Kier molecular flexibility index (Phi) is 5.66. The van der Waals surface area contributed by atoms with Gasteiger partial charge in [-0.1, -0.05) is 44.5 Å². The summed E-state index contributed by atoms with van der Waals surface area (Å²) in [7, 11) is 0. The summed E-state index contributed by atoms with van der Waals surface area (Å²) >= 11 is 0. The van der Waals surface area contributed by atoms with Crippen molar-refractivity contribution in [1.29, 1.82) is 0 Å². The number of benzene rings is 1. The highest BCUT2D eigenvalue weighted by Crippen LogP contribution is 2.33. The van der Waals surface area contributed by atoms with E-state index in [4.69, 9.17) is 0 Å². The van der Waals surface area contributed by atoms with Crippen molar-refractivity contribution >= 4 is 0 Å². The molecule has 1 unspecified atom stereocenters. The third-order valence-corrected chi connectivity index (χ3v) is 2.75. The van der Waals surface area contributed by atoms with Crippen LogP contribution in [-0.4, -0.2) is 12.7 Å². The predicted molar refractivity (Wildman–Crippen MR) is 67.5 cm³/mol. The van der Waals surface area contributed by atoms with Crippen molar-refractivity contribution < 1.29 is 13.2 Å². The Morgan fingerprint density at radius 1 is 1.17 bits per heavy atom. The number of hydrogen-bond acceptors (Lipinski definition) is 1. The van der Waals surface area contributed by atoms with Gasteiger partial charge in [0.05, 0.1) is 0 Å². The Balaban J connectivity index is 2.93. The lowest BCUT2D eigenvalue weighted by molar-refractivity contribution is -0.157. The molecule has 0 spiro atoms. The molecule has 0 aliphatic heterocycles. The molecule has 4 heteroatoms. The minimum atomic E-state index is -4.25. The van der Waals surface area contributed by atoms with Gasteiger partial charge < -0.3 is 5.32 Å². The maximum atomic E-state index is 13.0. The van der Waals surface area contributed by atoms with Crippen molar-refractivity contribution in [2.45, 2.75) is 45.3 Å². The summed E-state index contributed by atoms with van der Waals surface area (Å²) in [5.74, 6) is 0. The standard InChI is InChI=1S/C14H20F3N/c1-3-6-11-7-5-8-12(10-11)13(14(15,16)17)18-9-4-2/h5,7-8,10,13,18H,3-4,6,9H2,1-2H3. The smallest absolute Gasteiger partial charge is 0.302 e. The fourth-order valence-electron chi connectivity index (χ4n) is 1.93. The van der Waals surface area contributed by atoms with Crippen LogP contribution in [0.4, 0.5) is 13.2 Å². The summed E-state index contributed by atoms with van der Waals surface area (Å²) in [6, 6.07) is 5.21. The summed E-state index contributed by atoms with van der Waals surface area (Å²) in [6.45, 7) is 4.24. The number of halogens is 3. The van der Waals surface area contributed by atoms with Gasteiger partial charge in [-0.2, -0.15) is 13.2 Å². The second kappa shape index (κ2) is 6.78. The average molecular weight is 259 g/mol. The lowest BCUT2D eigenvalue weighted by atomic mass is 10.0. The monoisotopic (exact) mass is 259 g/mol. The fourth-order valence-corrected chi connectivity index (χ4v) is 1.93. The molecule has 102 valence electrons. The van der Waals surface area contributed by atoms with Crippen molar-refractivity contribution in [1.82, 2.24) is 5.32 Å². The van der Waals surface area contributed by atoms with Crippen LogP contribution in [0.2, 0.25) is 0 Å². The lowest BCUT2D eigenvalue weighted by Gasteiger charge is -2.22. The van der Waals surface area contributed by atoms with E-state index in [1.165, 1.54) is 0 Å². The van der Waals surface area contributed by atoms with Gasteiger partial charge in [0.15, 0.2) is 0 Å². The van der Waals surface area contributed by atoms with Gasteiger partial charge in [-0.25, -0.2) is 0 Å². The molecular formula is C14H20F3N. The van der Waals surface area contributed by atoms with Crippen LogP contribution >= 0.6 is 0 Å². The first-order chi connectivity index (χ1) is 8.49. The van der Waals surface area contributed by atoms with Crippen LogP contribution < -0.4 is 5.32 Å². The molecule has 0 amide bonds. The van der Waals surface area contributed by atoms with Crippen molar-refractivity contribution in [2.24, 2.45) is 0 Å². The molecule has 0 saturated carbocycles.